The lowest BCUT2D eigenvalue weighted by Crippen LogP contribution is -2.34. The van der Waals surface area contributed by atoms with Crippen LogP contribution in [0.25, 0.3) is 0 Å². The van der Waals surface area contributed by atoms with Crippen LogP contribution in [0.2, 0.25) is 5.02 Å². The van der Waals surface area contributed by atoms with Gasteiger partial charge in [0, 0.05) is 10.4 Å². The number of rotatable bonds is 1. The molecule has 4 nitrogen and oxygen atoms in total. The molecule has 1 aliphatic heterocycles. The molecule has 0 bridgehead atoms. The van der Waals surface area contributed by atoms with Gasteiger partial charge < -0.3 is 9.79 Å². The second-order valence-electron chi connectivity index (χ2n) is 4.79. The standard InChI is InChI=1S/C11H15ClO4P/c1-11(2)7-15-17(13,14)16-10(11)8-3-5-9(12)6-4-8/h3-6,10,13-14H,7H2,1-2H3. The van der Waals surface area contributed by atoms with E-state index in [0.717, 1.165) is 5.56 Å². The van der Waals surface area contributed by atoms with Crippen molar-refractivity contribution >= 4 is 19.8 Å². The van der Waals surface area contributed by atoms with Gasteiger partial charge in [-0.3, -0.25) is 9.05 Å². The van der Waals surface area contributed by atoms with Crippen LogP contribution in [0, 0.1) is 5.41 Å². The Hall–Kier alpha value is -0.220. The van der Waals surface area contributed by atoms with Gasteiger partial charge in [0.25, 0.3) is 0 Å². The van der Waals surface area contributed by atoms with Gasteiger partial charge in [-0.05, 0) is 17.7 Å². The Labute approximate surface area is 106 Å². The van der Waals surface area contributed by atoms with Crippen LogP contribution in [0.5, 0.6) is 0 Å². The molecule has 6 heteroatoms. The third-order valence-corrected chi connectivity index (χ3v) is 3.93. The van der Waals surface area contributed by atoms with Crippen LogP contribution in [0.3, 0.4) is 0 Å². The molecular weight excluding hydrogens is 263 g/mol. The van der Waals surface area contributed by atoms with Gasteiger partial charge in [-0.1, -0.05) is 37.6 Å². The average Bonchev–Trinajstić information content (AvgIpc) is 2.24. The minimum atomic E-state index is -3.68. The van der Waals surface area contributed by atoms with E-state index in [1.165, 1.54) is 0 Å². The van der Waals surface area contributed by atoms with E-state index in [1.54, 1.807) is 12.1 Å². The molecule has 1 aliphatic rings. The van der Waals surface area contributed by atoms with E-state index in [1.807, 2.05) is 26.0 Å². The molecule has 1 unspecified atom stereocenters. The van der Waals surface area contributed by atoms with E-state index >= 15 is 0 Å². The molecule has 1 aromatic carbocycles. The van der Waals surface area contributed by atoms with Crippen molar-refractivity contribution in [3.63, 3.8) is 0 Å². The second-order valence-corrected chi connectivity index (χ2v) is 6.68. The first-order valence-electron chi connectivity index (χ1n) is 5.23. The van der Waals surface area contributed by atoms with E-state index in [2.05, 4.69) is 0 Å². The van der Waals surface area contributed by atoms with Crippen LogP contribution in [-0.4, -0.2) is 16.4 Å². The maximum Gasteiger partial charge on any atom is 0.375 e. The molecule has 17 heavy (non-hydrogen) atoms. The largest absolute Gasteiger partial charge is 0.375 e. The van der Waals surface area contributed by atoms with Gasteiger partial charge >= 0.3 is 8.17 Å². The van der Waals surface area contributed by atoms with Crippen LogP contribution in [-0.2, 0) is 9.05 Å². The van der Waals surface area contributed by atoms with Crippen molar-refractivity contribution in [3.05, 3.63) is 34.9 Å². The summed E-state index contributed by atoms with van der Waals surface area (Å²) in [6.45, 7) is 4.14. The normalized spacial score (nSPS) is 26.8. The van der Waals surface area contributed by atoms with E-state index in [9.17, 15) is 9.79 Å². The summed E-state index contributed by atoms with van der Waals surface area (Å²) in [5.74, 6) is 0. The molecule has 1 aromatic rings. The second kappa shape index (κ2) is 4.47. The van der Waals surface area contributed by atoms with Crippen LogP contribution in [0.1, 0.15) is 25.5 Å². The third kappa shape index (κ3) is 2.97. The monoisotopic (exact) mass is 277 g/mol. The van der Waals surface area contributed by atoms with Gasteiger partial charge in [-0.25, -0.2) is 0 Å². The summed E-state index contributed by atoms with van der Waals surface area (Å²) >= 11 is 5.82. The summed E-state index contributed by atoms with van der Waals surface area (Å²) in [6, 6.07) is 7.14. The fraction of sp³-hybridized carbons (Fsp3) is 0.455. The molecule has 1 saturated heterocycles. The Morgan fingerprint density at radius 3 is 2.47 bits per heavy atom. The van der Waals surface area contributed by atoms with Gasteiger partial charge in [-0.15, -0.1) is 0 Å². The molecular formula is C11H15ClO4P. The van der Waals surface area contributed by atoms with E-state index < -0.39 is 14.3 Å². The zero-order valence-corrected chi connectivity index (χ0v) is 11.3. The molecule has 2 N–H and O–H groups in total. The molecule has 0 saturated carbocycles. The Kier molecular flexibility index (Phi) is 3.47. The summed E-state index contributed by atoms with van der Waals surface area (Å²) in [5, 5.41) is 0.632. The van der Waals surface area contributed by atoms with Crippen molar-refractivity contribution in [1.29, 1.82) is 0 Å². The maximum atomic E-state index is 9.49. The molecule has 1 heterocycles. The molecule has 1 radical (unpaired) electrons. The first-order valence-corrected chi connectivity index (χ1v) is 7.14. The van der Waals surface area contributed by atoms with Crippen molar-refractivity contribution in [2.75, 3.05) is 6.61 Å². The number of benzene rings is 1. The zero-order chi connectivity index (χ0) is 12.7. The van der Waals surface area contributed by atoms with Gasteiger partial charge in [0.1, 0.15) is 6.10 Å². The minimum Gasteiger partial charge on any atom is -0.314 e. The van der Waals surface area contributed by atoms with E-state index in [4.69, 9.17) is 20.6 Å². The average molecular weight is 278 g/mol. The van der Waals surface area contributed by atoms with Crippen molar-refractivity contribution in [1.82, 2.24) is 0 Å². The number of halogens is 1. The highest BCUT2D eigenvalue weighted by molar-refractivity contribution is 7.54. The first-order chi connectivity index (χ1) is 7.80. The predicted molar refractivity (Wildman–Crippen MR) is 66.4 cm³/mol. The lowest BCUT2D eigenvalue weighted by molar-refractivity contribution is -0.0632. The van der Waals surface area contributed by atoms with Gasteiger partial charge in [-0.2, -0.15) is 0 Å². The summed E-state index contributed by atoms with van der Waals surface area (Å²) in [4.78, 5) is 19.0. The highest BCUT2D eigenvalue weighted by Crippen LogP contribution is 2.63. The van der Waals surface area contributed by atoms with Crippen LogP contribution >= 0.6 is 19.8 Å². The lowest BCUT2D eigenvalue weighted by Gasteiger charge is -2.43. The summed E-state index contributed by atoms with van der Waals surface area (Å²) in [6.07, 6.45) is -0.420. The number of hydrogen-bond donors (Lipinski definition) is 2. The van der Waals surface area contributed by atoms with Gasteiger partial charge in [0.2, 0.25) is 0 Å². The SMILES string of the molecule is CC1(C)CO[P](O)(O)OC1c1ccc(Cl)cc1. The predicted octanol–water partition coefficient (Wildman–Crippen LogP) is 3.12. The zero-order valence-electron chi connectivity index (χ0n) is 9.63. The molecule has 1 atom stereocenters. The topological polar surface area (TPSA) is 58.9 Å². The Morgan fingerprint density at radius 2 is 1.88 bits per heavy atom. The van der Waals surface area contributed by atoms with Crippen LogP contribution in [0.15, 0.2) is 24.3 Å². The highest BCUT2D eigenvalue weighted by atomic mass is 35.5. The van der Waals surface area contributed by atoms with Crippen molar-refractivity contribution in [3.8, 4) is 0 Å². The third-order valence-electron chi connectivity index (χ3n) is 2.73. The molecule has 2 rings (SSSR count). The Morgan fingerprint density at radius 1 is 1.29 bits per heavy atom. The molecule has 0 aliphatic carbocycles. The fourth-order valence-electron chi connectivity index (χ4n) is 1.79. The maximum absolute atomic E-state index is 9.49. The van der Waals surface area contributed by atoms with Crippen LogP contribution in [0.4, 0.5) is 0 Å². The molecule has 0 aromatic heterocycles. The van der Waals surface area contributed by atoms with Crippen molar-refractivity contribution in [2.24, 2.45) is 5.41 Å². The summed E-state index contributed by atoms with van der Waals surface area (Å²) in [5.41, 5.74) is 0.526. The van der Waals surface area contributed by atoms with E-state index in [0.29, 0.717) is 5.02 Å². The van der Waals surface area contributed by atoms with Gasteiger partial charge in [0.15, 0.2) is 0 Å². The lowest BCUT2D eigenvalue weighted by atomic mass is 9.83. The molecule has 0 spiro atoms. The quantitative estimate of drug-likeness (QED) is 0.775. The summed E-state index contributed by atoms with van der Waals surface area (Å²) in [7, 11) is -3.68. The Bertz CT molecular complexity index is 404. The smallest absolute Gasteiger partial charge is 0.314 e. The summed E-state index contributed by atoms with van der Waals surface area (Å²) < 4.78 is 10.2. The number of hydrogen-bond acceptors (Lipinski definition) is 4. The van der Waals surface area contributed by atoms with Crippen molar-refractivity contribution in [2.45, 2.75) is 20.0 Å². The van der Waals surface area contributed by atoms with Crippen LogP contribution < -0.4 is 0 Å². The van der Waals surface area contributed by atoms with Gasteiger partial charge in [0.05, 0.1) is 6.61 Å². The molecule has 1 fully saturated rings. The first kappa shape index (κ1) is 13.2. The fourth-order valence-corrected chi connectivity index (χ4v) is 3.16. The minimum absolute atomic E-state index is 0.237. The van der Waals surface area contributed by atoms with E-state index in [-0.39, 0.29) is 12.0 Å². The van der Waals surface area contributed by atoms with Crippen molar-refractivity contribution < 1.29 is 18.8 Å². The Balaban J connectivity index is 2.30. The molecule has 95 valence electrons. The highest BCUT2D eigenvalue weighted by Gasteiger charge is 2.45. The molecule has 0 amide bonds.